The molecule has 8 heteroatoms. The van der Waals surface area contributed by atoms with Crippen molar-refractivity contribution in [1.29, 1.82) is 0 Å². The molecule has 0 unspecified atom stereocenters. The Kier molecular flexibility index (Phi) is 7.70. The highest BCUT2D eigenvalue weighted by Gasteiger charge is 2.12. The number of hydrogen-bond donors (Lipinski definition) is 2. The zero-order chi connectivity index (χ0) is 21.9. The molecule has 8 nitrogen and oxygen atoms in total. The highest BCUT2D eigenvalue weighted by atomic mass is 16.5. The minimum absolute atomic E-state index is 0.200. The van der Waals surface area contributed by atoms with E-state index in [1.165, 1.54) is 6.21 Å². The normalized spacial score (nSPS) is 10.5. The first kappa shape index (κ1) is 21.5. The number of ether oxygens (including phenoxy) is 2. The third-order valence-electron chi connectivity index (χ3n) is 4.19. The largest absolute Gasteiger partial charge is 0.493 e. The third kappa shape index (κ3) is 6.67. The molecule has 0 saturated heterocycles. The molecule has 1 heterocycles. The van der Waals surface area contributed by atoms with Gasteiger partial charge in [-0.05, 0) is 41.0 Å². The third-order valence-corrected chi connectivity index (χ3v) is 4.19. The van der Waals surface area contributed by atoms with E-state index in [2.05, 4.69) is 20.8 Å². The van der Waals surface area contributed by atoms with E-state index in [-0.39, 0.29) is 6.54 Å². The molecule has 31 heavy (non-hydrogen) atoms. The number of amides is 2. The summed E-state index contributed by atoms with van der Waals surface area (Å²) in [5.41, 5.74) is 4.69. The Morgan fingerprint density at radius 2 is 1.81 bits per heavy atom. The summed E-state index contributed by atoms with van der Waals surface area (Å²) in [5.74, 6) is -0.541. The van der Waals surface area contributed by atoms with Crippen LogP contribution in [0.25, 0.3) is 0 Å². The molecular formula is C23H22N4O4. The average Bonchev–Trinajstić information content (AvgIpc) is 2.82. The minimum Gasteiger partial charge on any atom is -0.493 e. The van der Waals surface area contributed by atoms with Crippen molar-refractivity contribution >= 4 is 18.0 Å². The second kappa shape index (κ2) is 11.1. The van der Waals surface area contributed by atoms with E-state index in [9.17, 15) is 9.59 Å². The zero-order valence-corrected chi connectivity index (χ0v) is 16.9. The summed E-state index contributed by atoms with van der Waals surface area (Å²) in [6.07, 6.45) is 4.65. The molecule has 158 valence electrons. The summed E-state index contributed by atoms with van der Waals surface area (Å²) in [4.78, 5) is 27.6. The average molecular weight is 418 g/mol. The number of pyridine rings is 1. The van der Waals surface area contributed by atoms with Gasteiger partial charge in [-0.25, -0.2) is 5.43 Å². The molecule has 2 N–H and O–H groups in total. The van der Waals surface area contributed by atoms with Gasteiger partial charge in [0.15, 0.2) is 11.5 Å². The van der Waals surface area contributed by atoms with Crippen molar-refractivity contribution in [2.24, 2.45) is 5.10 Å². The molecule has 1 aromatic heterocycles. The topological polar surface area (TPSA) is 102 Å². The molecule has 0 spiro atoms. The molecule has 3 aromatic rings. The van der Waals surface area contributed by atoms with Crippen molar-refractivity contribution in [2.45, 2.75) is 13.2 Å². The fourth-order valence-electron chi connectivity index (χ4n) is 2.60. The predicted octanol–water partition coefficient (Wildman–Crippen LogP) is 2.44. The molecule has 0 aliphatic carbocycles. The number of hydrazone groups is 1. The van der Waals surface area contributed by atoms with Crippen molar-refractivity contribution in [3.8, 4) is 11.5 Å². The number of methoxy groups -OCH3 is 1. The summed E-state index contributed by atoms with van der Waals surface area (Å²) in [6.45, 7) is 0.611. The summed E-state index contributed by atoms with van der Waals surface area (Å²) in [6, 6.07) is 18.6. The van der Waals surface area contributed by atoms with Crippen LogP contribution in [0, 0.1) is 0 Å². The lowest BCUT2D eigenvalue weighted by Gasteiger charge is -2.11. The number of benzene rings is 2. The van der Waals surface area contributed by atoms with Gasteiger partial charge in [-0.15, -0.1) is 0 Å². The van der Waals surface area contributed by atoms with Crippen LogP contribution in [0.3, 0.4) is 0 Å². The van der Waals surface area contributed by atoms with Crippen LogP contribution >= 0.6 is 0 Å². The number of carbonyl (C=O) groups is 2. The fraction of sp³-hybridized carbons (Fsp3) is 0.130. The van der Waals surface area contributed by atoms with E-state index in [4.69, 9.17) is 9.47 Å². The smallest absolute Gasteiger partial charge is 0.329 e. The minimum atomic E-state index is -0.866. The lowest BCUT2D eigenvalue weighted by atomic mass is 10.2. The van der Waals surface area contributed by atoms with Gasteiger partial charge in [0.2, 0.25) is 0 Å². The van der Waals surface area contributed by atoms with Crippen molar-refractivity contribution in [3.63, 3.8) is 0 Å². The molecule has 0 atom stereocenters. The summed E-state index contributed by atoms with van der Waals surface area (Å²) < 4.78 is 11.2. The number of rotatable bonds is 8. The molecule has 0 aliphatic rings. The first-order valence-corrected chi connectivity index (χ1v) is 9.50. The van der Waals surface area contributed by atoms with E-state index in [0.717, 1.165) is 11.1 Å². The Bertz CT molecular complexity index is 1040. The van der Waals surface area contributed by atoms with E-state index in [1.807, 2.05) is 30.3 Å². The van der Waals surface area contributed by atoms with Crippen molar-refractivity contribution < 1.29 is 19.1 Å². The quantitative estimate of drug-likeness (QED) is 0.332. The highest BCUT2D eigenvalue weighted by molar-refractivity contribution is 6.35. The fourth-order valence-corrected chi connectivity index (χ4v) is 2.60. The number of hydrogen-bond acceptors (Lipinski definition) is 6. The molecule has 2 amide bonds. The molecule has 0 radical (unpaired) electrons. The highest BCUT2D eigenvalue weighted by Crippen LogP contribution is 2.28. The van der Waals surface area contributed by atoms with Crippen LogP contribution in [0.4, 0.5) is 0 Å². The van der Waals surface area contributed by atoms with Crippen LogP contribution in [0.2, 0.25) is 0 Å². The molecule has 0 saturated carbocycles. The Hall–Kier alpha value is -4.20. The Morgan fingerprint density at radius 1 is 1.00 bits per heavy atom. The van der Waals surface area contributed by atoms with Gasteiger partial charge in [-0.1, -0.05) is 36.4 Å². The van der Waals surface area contributed by atoms with E-state index >= 15 is 0 Å². The van der Waals surface area contributed by atoms with Gasteiger partial charge in [0.1, 0.15) is 6.61 Å². The van der Waals surface area contributed by atoms with Crippen molar-refractivity contribution in [1.82, 2.24) is 15.7 Å². The number of aromatic nitrogens is 1. The Labute approximate surface area is 179 Å². The van der Waals surface area contributed by atoms with Crippen LogP contribution < -0.4 is 20.2 Å². The van der Waals surface area contributed by atoms with Crippen molar-refractivity contribution in [2.75, 3.05) is 7.11 Å². The second-order valence-electron chi connectivity index (χ2n) is 6.43. The second-order valence-corrected chi connectivity index (χ2v) is 6.43. The van der Waals surface area contributed by atoms with Gasteiger partial charge < -0.3 is 14.8 Å². The first-order chi connectivity index (χ1) is 15.2. The van der Waals surface area contributed by atoms with E-state index in [0.29, 0.717) is 23.7 Å². The monoisotopic (exact) mass is 418 g/mol. The van der Waals surface area contributed by atoms with Crippen LogP contribution in [0.15, 0.2) is 78.2 Å². The van der Waals surface area contributed by atoms with Gasteiger partial charge in [0.25, 0.3) is 0 Å². The molecule has 0 bridgehead atoms. The van der Waals surface area contributed by atoms with Crippen LogP contribution in [0.5, 0.6) is 11.5 Å². The first-order valence-electron chi connectivity index (χ1n) is 9.50. The molecule has 3 rings (SSSR count). The number of nitrogens with one attached hydrogen (secondary N) is 2. The van der Waals surface area contributed by atoms with Crippen molar-refractivity contribution in [3.05, 3.63) is 89.7 Å². The number of carbonyl (C=O) groups excluding carboxylic acids is 2. The van der Waals surface area contributed by atoms with Crippen LogP contribution in [-0.4, -0.2) is 30.1 Å². The summed E-state index contributed by atoms with van der Waals surface area (Å²) in [5, 5.41) is 6.32. The van der Waals surface area contributed by atoms with Gasteiger partial charge >= 0.3 is 11.8 Å². The maximum atomic E-state index is 11.9. The lowest BCUT2D eigenvalue weighted by Crippen LogP contribution is -2.37. The molecule has 2 aromatic carbocycles. The Morgan fingerprint density at radius 3 is 2.55 bits per heavy atom. The van der Waals surface area contributed by atoms with Crippen LogP contribution in [0.1, 0.15) is 16.7 Å². The molecule has 0 aliphatic heterocycles. The standard InChI is InChI=1S/C23H22N4O4/c1-30-21-12-18(9-10-20(21)31-16-17-6-3-2-4-7-17)15-26-27-23(29)22(28)25-14-19-8-5-11-24-13-19/h2-13,15H,14,16H2,1H3,(H,25,28)(H,27,29). The van der Waals surface area contributed by atoms with E-state index < -0.39 is 11.8 Å². The number of nitrogens with zero attached hydrogens (tertiary/aromatic N) is 2. The molecule has 0 fully saturated rings. The van der Waals surface area contributed by atoms with Gasteiger partial charge in [-0.2, -0.15) is 5.10 Å². The maximum absolute atomic E-state index is 11.9. The lowest BCUT2D eigenvalue weighted by molar-refractivity contribution is -0.139. The van der Waals surface area contributed by atoms with Gasteiger partial charge in [-0.3, -0.25) is 14.6 Å². The predicted molar refractivity (Wildman–Crippen MR) is 116 cm³/mol. The van der Waals surface area contributed by atoms with Gasteiger partial charge in [0, 0.05) is 18.9 Å². The summed E-state index contributed by atoms with van der Waals surface area (Å²) in [7, 11) is 1.54. The maximum Gasteiger partial charge on any atom is 0.329 e. The zero-order valence-electron chi connectivity index (χ0n) is 16.9. The SMILES string of the molecule is COc1cc(C=NNC(=O)C(=O)NCc2cccnc2)ccc1OCc1ccccc1. The van der Waals surface area contributed by atoms with Gasteiger partial charge in [0.05, 0.1) is 13.3 Å². The van der Waals surface area contributed by atoms with E-state index in [1.54, 1.807) is 49.8 Å². The Balaban J connectivity index is 1.51. The van der Waals surface area contributed by atoms with Crippen LogP contribution in [-0.2, 0) is 22.7 Å². The summed E-state index contributed by atoms with van der Waals surface area (Å²) >= 11 is 0. The molecular weight excluding hydrogens is 396 g/mol.